The first kappa shape index (κ1) is 18.0. The molecule has 0 aliphatic rings. The predicted molar refractivity (Wildman–Crippen MR) is 118 cm³/mol. The summed E-state index contributed by atoms with van der Waals surface area (Å²) in [6.07, 6.45) is 0. The molecule has 0 unspecified atom stereocenters. The molecule has 0 spiro atoms. The van der Waals surface area contributed by atoms with Crippen LogP contribution in [-0.2, 0) is 0 Å². The lowest BCUT2D eigenvalue weighted by molar-refractivity contribution is 1.22. The molecule has 0 bridgehead atoms. The van der Waals surface area contributed by atoms with Gasteiger partial charge in [0.05, 0.1) is 0 Å². The van der Waals surface area contributed by atoms with Gasteiger partial charge in [0.2, 0.25) is 0 Å². The van der Waals surface area contributed by atoms with E-state index in [9.17, 15) is 0 Å². The van der Waals surface area contributed by atoms with E-state index in [4.69, 9.17) is 0 Å². The van der Waals surface area contributed by atoms with Crippen molar-refractivity contribution < 1.29 is 0 Å². The minimum Gasteiger partial charge on any atom is -0.173 e. The second-order valence-corrected chi connectivity index (χ2v) is 9.71. The first-order valence-electron chi connectivity index (χ1n) is 9.05. The third-order valence-corrected chi connectivity index (χ3v) is 8.03. The Hall–Kier alpha value is -2.42. The molecule has 0 N–H and O–H groups in total. The molecule has 0 aliphatic heterocycles. The van der Waals surface area contributed by atoms with Gasteiger partial charge in [-0.05, 0) is 81.8 Å². The van der Waals surface area contributed by atoms with Gasteiger partial charge in [0.15, 0.2) is 0 Å². The molecule has 0 heterocycles. The van der Waals surface area contributed by atoms with Crippen molar-refractivity contribution in [3.8, 4) is 0 Å². The highest BCUT2D eigenvalue weighted by Crippen LogP contribution is 2.51. The Morgan fingerprint density at radius 3 is 1.59 bits per heavy atom. The summed E-state index contributed by atoms with van der Waals surface area (Å²) in [5.74, 6) is 0. The molecule has 0 saturated heterocycles. The molecule has 0 aliphatic carbocycles. The van der Waals surface area contributed by atoms with Gasteiger partial charge in [0, 0.05) is 9.79 Å². The maximum absolute atomic E-state index is 2.37. The maximum Gasteiger partial charge on any atom is 0.0152 e. The van der Waals surface area contributed by atoms with Crippen LogP contribution in [-0.4, -0.2) is 0 Å². The van der Waals surface area contributed by atoms with Crippen molar-refractivity contribution in [1.82, 2.24) is 0 Å². The number of benzene rings is 4. The van der Waals surface area contributed by atoms with Gasteiger partial charge in [0.25, 0.3) is 0 Å². The van der Waals surface area contributed by atoms with E-state index in [0.717, 1.165) is 0 Å². The van der Waals surface area contributed by atoms with Crippen molar-refractivity contribution in [2.45, 2.75) is 31.4 Å². The number of hydrogen-bond donors (Lipinski definition) is 1. The van der Waals surface area contributed by atoms with Crippen LogP contribution in [0.2, 0.25) is 0 Å². The van der Waals surface area contributed by atoms with Crippen LogP contribution in [0, 0.1) is 6.92 Å². The van der Waals surface area contributed by atoms with Crippen molar-refractivity contribution in [2.75, 3.05) is 0 Å². The average molecular weight is 387 g/mol. The Bertz CT molecular complexity index is 957. The zero-order valence-corrected chi connectivity index (χ0v) is 17.0. The summed E-state index contributed by atoms with van der Waals surface area (Å²) in [6, 6.07) is 39.3. The summed E-state index contributed by atoms with van der Waals surface area (Å²) < 4.78 is 0. The lowest BCUT2D eigenvalue weighted by Crippen LogP contribution is -1.90. The van der Waals surface area contributed by atoms with Gasteiger partial charge >= 0.3 is 0 Å². The molecule has 4 aromatic carbocycles. The van der Waals surface area contributed by atoms with E-state index < -0.39 is 10.9 Å². The Kier molecular flexibility index (Phi) is 5.66. The summed E-state index contributed by atoms with van der Waals surface area (Å²) in [7, 11) is -0.543. The van der Waals surface area contributed by atoms with E-state index in [1.165, 1.54) is 30.0 Å². The molecule has 0 aromatic heterocycles. The maximum atomic E-state index is 2.37. The van der Waals surface area contributed by atoms with E-state index in [0.29, 0.717) is 0 Å². The molecule has 0 nitrogen and oxygen atoms in total. The first-order valence-corrected chi connectivity index (χ1v) is 11.2. The summed E-state index contributed by atoms with van der Waals surface area (Å²) in [5, 5.41) is 0. The van der Waals surface area contributed by atoms with E-state index in [2.05, 4.69) is 116 Å². The van der Waals surface area contributed by atoms with Gasteiger partial charge in [-0.3, -0.25) is 0 Å². The molecule has 0 fully saturated rings. The standard InChI is InChI=1S/C25H22S2/c1-20-19-24(17-18-25(20)26-21-11-5-2-6-12-21)27(22-13-7-3-8-14-22)23-15-9-4-10-16-23/h2-19,27H,1H3. The van der Waals surface area contributed by atoms with Gasteiger partial charge in [0.1, 0.15) is 0 Å². The lowest BCUT2D eigenvalue weighted by Gasteiger charge is -2.24. The Balaban J connectivity index is 1.72. The molecular formula is C25H22S2. The smallest absolute Gasteiger partial charge is 0.0152 e. The summed E-state index contributed by atoms with van der Waals surface area (Å²) in [6.45, 7) is 2.22. The molecule has 0 radical (unpaired) electrons. The number of rotatable bonds is 5. The SMILES string of the molecule is Cc1cc([SH](c2ccccc2)c2ccccc2)ccc1Sc1ccccc1. The molecule has 4 aromatic rings. The fraction of sp³-hybridized carbons (Fsp3) is 0.0400. The topological polar surface area (TPSA) is 0 Å². The van der Waals surface area contributed by atoms with Gasteiger partial charge < -0.3 is 0 Å². The molecule has 134 valence electrons. The second-order valence-electron chi connectivity index (χ2n) is 6.37. The van der Waals surface area contributed by atoms with Gasteiger partial charge in [-0.2, -0.15) is 10.9 Å². The molecular weight excluding hydrogens is 364 g/mol. The third-order valence-electron chi connectivity index (χ3n) is 4.42. The van der Waals surface area contributed by atoms with E-state index >= 15 is 0 Å². The minimum atomic E-state index is -0.543. The number of aryl methyl sites for hydroxylation is 1. The van der Waals surface area contributed by atoms with Crippen LogP contribution in [0.1, 0.15) is 5.56 Å². The average Bonchev–Trinajstić information content (AvgIpc) is 2.73. The highest BCUT2D eigenvalue weighted by molar-refractivity contribution is 8.17. The van der Waals surface area contributed by atoms with Crippen LogP contribution in [0.25, 0.3) is 0 Å². The second kappa shape index (κ2) is 8.51. The van der Waals surface area contributed by atoms with Crippen molar-refractivity contribution in [2.24, 2.45) is 0 Å². The van der Waals surface area contributed by atoms with Crippen molar-refractivity contribution in [3.63, 3.8) is 0 Å². The van der Waals surface area contributed by atoms with Crippen LogP contribution in [0.15, 0.2) is 134 Å². The highest BCUT2D eigenvalue weighted by Gasteiger charge is 2.13. The fourth-order valence-electron chi connectivity index (χ4n) is 3.10. The molecule has 2 heteroatoms. The number of thiol groups is 1. The normalized spacial score (nSPS) is 11.2. The van der Waals surface area contributed by atoms with E-state index in [1.807, 2.05) is 11.8 Å². The van der Waals surface area contributed by atoms with Crippen LogP contribution >= 0.6 is 22.7 Å². The molecule has 4 rings (SSSR count). The Morgan fingerprint density at radius 1 is 0.556 bits per heavy atom. The van der Waals surface area contributed by atoms with Crippen LogP contribution < -0.4 is 0 Å². The Morgan fingerprint density at radius 2 is 1.07 bits per heavy atom. The molecule has 27 heavy (non-hydrogen) atoms. The zero-order valence-electron chi connectivity index (χ0n) is 15.2. The zero-order chi connectivity index (χ0) is 18.5. The first-order chi connectivity index (χ1) is 13.3. The predicted octanol–water partition coefficient (Wildman–Crippen LogP) is 7.62. The fourth-order valence-corrected chi connectivity index (χ4v) is 6.39. The molecule has 0 saturated carbocycles. The quantitative estimate of drug-likeness (QED) is 0.344. The van der Waals surface area contributed by atoms with Crippen molar-refractivity contribution in [1.29, 1.82) is 0 Å². The van der Waals surface area contributed by atoms with Crippen LogP contribution in [0.3, 0.4) is 0 Å². The van der Waals surface area contributed by atoms with Crippen molar-refractivity contribution >= 4 is 22.7 Å². The van der Waals surface area contributed by atoms with Gasteiger partial charge in [-0.25, -0.2) is 0 Å². The van der Waals surface area contributed by atoms with E-state index in [-0.39, 0.29) is 0 Å². The Labute approximate surface area is 168 Å². The van der Waals surface area contributed by atoms with Gasteiger partial charge in [-0.15, -0.1) is 0 Å². The van der Waals surface area contributed by atoms with E-state index in [1.54, 1.807) is 0 Å². The summed E-state index contributed by atoms with van der Waals surface area (Å²) in [5.41, 5.74) is 1.33. The number of hydrogen-bond acceptors (Lipinski definition) is 1. The lowest BCUT2D eigenvalue weighted by atomic mass is 10.2. The summed E-state index contributed by atoms with van der Waals surface area (Å²) in [4.78, 5) is 6.78. The van der Waals surface area contributed by atoms with Crippen LogP contribution in [0.4, 0.5) is 0 Å². The molecule has 0 atom stereocenters. The third kappa shape index (κ3) is 4.29. The largest absolute Gasteiger partial charge is 0.173 e. The minimum absolute atomic E-state index is 0.543. The van der Waals surface area contributed by atoms with Crippen molar-refractivity contribution in [3.05, 3.63) is 115 Å². The van der Waals surface area contributed by atoms with Gasteiger partial charge in [-0.1, -0.05) is 66.4 Å². The monoisotopic (exact) mass is 386 g/mol. The highest BCUT2D eigenvalue weighted by atomic mass is 32.2. The molecule has 0 amide bonds. The van der Waals surface area contributed by atoms with Crippen LogP contribution in [0.5, 0.6) is 0 Å². The summed E-state index contributed by atoms with van der Waals surface area (Å²) >= 11 is 1.83.